The molecule has 140 valence electrons. The Hall–Kier alpha value is -3.00. The van der Waals surface area contributed by atoms with Gasteiger partial charge in [0, 0.05) is 6.54 Å². The average Bonchev–Trinajstić information content (AvgIpc) is 3.33. The standard InChI is InChI=1S/C19H19N3O4S/c1-4-11-22-17(14-7-5-6-8-15(14)24-2)20-21-19(22)27-12-13-9-10-16(26-13)18(23)25-3/h4-10H,1,11-12H2,2-3H3. The van der Waals surface area contributed by atoms with Crippen LogP contribution in [0.1, 0.15) is 16.3 Å². The summed E-state index contributed by atoms with van der Waals surface area (Å²) in [7, 11) is 2.94. The smallest absolute Gasteiger partial charge is 0.373 e. The molecule has 0 atom stereocenters. The van der Waals surface area contributed by atoms with E-state index in [-0.39, 0.29) is 5.76 Å². The molecule has 0 spiro atoms. The maximum atomic E-state index is 11.5. The molecular formula is C19H19N3O4S. The van der Waals surface area contributed by atoms with Gasteiger partial charge in [0.15, 0.2) is 11.0 Å². The predicted octanol–water partition coefficient (Wildman–Crippen LogP) is 3.81. The molecule has 0 aliphatic carbocycles. The van der Waals surface area contributed by atoms with Crippen molar-refractivity contribution in [1.82, 2.24) is 14.8 Å². The van der Waals surface area contributed by atoms with Gasteiger partial charge >= 0.3 is 5.97 Å². The van der Waals surface area contributed by atoms with Crippen LogP contribution in [0.25, 0.3) is 11.4 Å². The number of nitrogens with zero attached hydrogens (tertiary/aromatic N) is 3. The largest absolute Gasteiger partial charge is 0.496 e. The summed E-state index contributed by atoms with van der Waals surface area (Å²) < 4.78 is 17.5. The summed E-state index contributed by atoms with van der Waals surface area (Å²) in [6.45, 7) is 4.37. The van der Waals surface area contributed by atoms with Crippen LogP contribution in [0.15, 0.2) is 58.6 Å². The Bertz CT molecular complexity index is 948. The van der Waals surface area contributed by atoms with Gasteiger partial charge in [0.05, 0.1) is 25.5 Å². The SMILES string of the molecule is C=CCn1c(SCc2ccc(C(=O)OC)o2)nnc1-c1ccccc1OC. The molecule has 0 bridgehead atoms. The van der Waals surface area contributed by atoms with Gasteiger partial charge in [-0.3, -0.25) is 4.57 Å². The lowest BCUT2D eigenvalue weighted by Crippen LogP contribution is -2.01. The fourth-order valence-corrected chi connectivity index (χ4v) is 3.36. The highest BCUT2D eigenvalue weighted by Gasteiger charge is 2.18. The minimum atomic E-state index is -0.500. The first-order chi connectivity index (χ1) is 13.2. The van der Waals surface area contributed by atoms with E-state index in [9.17, 15) is 4.79 Å². The molecule has 1 aromatic carbocycles. The third kappa shape index (κ3) is 4.06. The molecule has 0 aliphatic rings. The summed E-state index contributed by atoms with van der Waals surface area (Å²) in [5.74, 6) is 2.24. The highest BCUT2D eigenvalue weighted by molar-refractivity contribution is 7.98. The van der Waals surface area contributed by atoms with E-state index in [1.807, 2.05) is 28.8 Å². The summed E-state index contributed by atoms with van der Waals surface area (Å²) in [5.41, 5.74) is 0.854. The predicted molar refractivity (Wildman–Crippen MR) is 102 cm³/mol. The van der Waals surface area contributed by atoms with E-state index in [1.165, 1.54) is 18.9 Å². The number of allylic oxidation sites excluding steroid dienone is 1. The molecule has 3 rings (SSSR count). The first-order valence-electron chi connectivity index (χ1n) is 8.15. The number of aromatic nitrogens is 3. The topological polar surface area (TPSA) is 79.4 Å². The van der Waals surface area contributed by atoms with E-state index in [0.29, 0.717) is 29.0 Å². The highest BCUT2D eigenvalue weighted by Crippen LogP contribution is 2.32. The molecule has 27 heavy (non-hydrogen) atoms. The summed E-state index contributed by atoms with van der Waals surface area (Å²) in [6, 6.07) is 11.0. The van der Waals surface area contributed by atoms with Crippen molar-refractivity contribution in [2.45, 2.75) is 17.5 Å². The first-order valence-corrected chi connectivity index (χ1v) is 9.13. The third-order valence-corrected chi connectivity index (χ3v) is 4.76. The zero-order valence-electron chi connectivity index (χ0n) is 15.0. The fraction of sp³-hybridized carbons (Fsp3) is 0.211. The lowest BCUT2D eigenvalue weighted by Gasteiger charge is -2.10. The molecule has 0 aliphatic heterocycles. The van der Waals surface area contributed by atoms with Gasteiger partial charge in [-0.25, -0.2) is 4.79 Å². The monoisotopic (exact) mass is 385 g/mol. The van der Waals surface area contributed by atoms with Crippen LogP contribution in [0.4, 0.5) is 0 Å². The van der Waals surface area contributed by atoms with Crippen molar-refractivity contribution >= 4 is 17.7 Å². The number of methoxy groups -OCH3 is 2. The summed E-state index contributed by atoms with van der Waals surface area (Å²) in [5, 5.41) is 9.35. The molecule has 0 saturated heterocycles. The van der Waals surface area contributed by atoms with Gasteiger partial charge in [0.2, 0.25) is 5.76 Å². The van der Waals surface area contributed by atoms with Crippen molar-refractivity contribution in [3.8, 4) is 17.1 Å². The minimum absolute atomic E-state index is 0.176. The van der Waals surface area contributed by atoms with Gasteiger partial charge in [-0.2, -0.15) is 0 Å². The van der Waals surface area contributed by atoms with Crippen LogP contribution in [-0.4, -0.2) is 35.0 Å². The lowest BCUT2D eigenvalue weighted by molar-refractivity contribution is 0.0563. The number of furan rings is 1. The van der Waals surface area contributed by atoms with Crippen LogP contribution in [0.2, 0.25) is 0 Å². The maximum Gasteiger partial charge on any atom is 0.373 e. The second kappa shape index (κ2) is 8.59. The first kappa shape index (κ1) is 18.8. The Labute approximate surface area is 161 Å². The number of carbonyl (C=O) groups is 1. The van der Waals surface area contributed by atoms with Crippen LogP contribution in [0.5, 0.6) is 5.75 Å². The van der Waals surface area contributed by atoms with Crippen molar-refractivity contribution in [3.63, 3.8) is 0 Å². The van der Waals surface area contributed by atoms with Crippen LogP contribution >= 0.6 is 11.8 Å². The maximum absolute atomic E-state index is 11.5. The number of carbonyl (C=O) groups excluding carboxylic acids is 1. The van der Waals surface area contributed by atoms with Crippen LogP contribution in [0, 0.1) is 0 Å². The molecule has 3 aromatic rings. The molecule has 2 heterocycles. The third-order valence-electron chi connectivity index (χ3n) is 3.77. The summed E-state index contributed by atoms with van der Waals surface area (Å²) in [6.07, 6.45) is 1.79. The van der Waals surface area contributed by atoms with Gasteiger partial charge in [-0.15, -0.1) is 16.8 Å². The second-order valence-corrected chi connectivity index (χ2v) is 6.39. The Kier molecular flexibility index (Phi) is 5.97. The van der Waals surface area contributed by atoms with E-state index in [4.69, 9.17) is 9.15 Å². The molecule has 0 N–H and O–H groups in total. The Morgan fingerprint density at radius 1 is 1.26 bits per heavy atom. The van der Waals surface area contributed by atoms with E-state index in [1.54, 1.807) is 25.3 Å². The van der Waals surface area contributed by atoms with Gasteiger partial charge in [0.1, 0.15) is 11.5 Å². The molecule has 0 fully saturated rings. The van der Waals surface area contributed by atoms with E-state index in [2.05, 4.69) is 21.5 Å². The number of hydrogen-bond donors (Lipinski definition) is 0. The number of ether oxygens (including phenoxy) is 2. The van der Waals surface area contributed by atoms with Gasteiger partial charge < -0.3 is 13.9 Å². The zero-order chi connectivity index (χ0) is 19.2. The van der Waals surface area contributed by atoms with Crippen LogP contribution in [-0.2, 0) is 17.0 Å². The number of para-hydroxylation sites is 1. The molecule has 2 aromatic heterocycles. The number of rotatable bonds is 8. The molecule has 0 radical (unpaired) electrons. The Morgan fingerprint density at radius 2 is 2.07 bits per heavy atom. The summed E-state index contributed by atoms with van der Waals surface area (Å²) in [4.78, 5) is 11.5. The second-order valence-electron chi connectivity index (χ2n) is 5.45. The van der Waals surface area contributed by atoms with Crippen molar-refractivity contribution in [2.24, 2.45) is 0 Å². The van der Waals surface area contributed by atoms with Crippen molar-refractivity contribution in [1.29, 1.82) is 0 Å². The minimum Gasteiger partial charge on any atom is -0.496 e. The lowest BCUT2D eigenvalue weighted by atomic mass is 10.2. The summed E-state index contributed by atoms with van der Waals surface area (Å²) >= 11 is 1.46. The fourth-order valence-electron chi connectivity index (χ4n) is 2.52. The Morgan fingerprint density at radius 3 is 2.81 bits per heavy atom. The Balaban J connectivity index is 1.84. The molecule has 0 amide bonds. The number of hydrogen-bond acceptors (Lipinski definition) is 7. The number of esters is 1. The quantitative estimate of drug-likeness (QED) is 0.331. The van der Waals surface area contributed by atoms with Crippen LogP contribution in [0.3, 0.4) is 0 Å². The van der Waals surface area contributed by atoms with Crippen molar-refractivity contribution in [2.75, 3.05) is 14.2 Å². The number of benzene rings is 1. The van der Waals surface area contributed by atoms with E-state index >= 15 is 0 Å². The molecule has 7 nitrogen and oxygen atoms in total. The molecule has 0 unspecified atom stereocenters. The average molecular weight is 385 g/mol. The highest BCUT2D eigenvalue weighted by atomic mass is 32.2. The van der Waals surface area contributed by atoms with Crippen LogP contribution < -0.4 is 4.74 Å². The zero-order valence-corrected chi connectivity index (χ0v) is 15.9. The van der Waals surface area contributed by atoms with Crippen molar-refractivity contribution in [3.05, 3.63) is 60.6 Å². The van der Waals surface area contributed by atoms with E-state index < -0.39 is 5.97 Å². The molecule has 0 saturated carbocycles. The van der Waals surface area contributed by atoms with E-state index in [0.717, 1.165) is 11.3 Å². The molecular weight excluding hydrogens is 366 g/mol. The van der Waals surface area contributed by atoms with Gasteiger partial charge in [-0.05, 0) is 24.3 Å². The normalized spacial score (nSPS) is 10.6. The van der Waals surface area contributed by atoms with Gasteiger partial charge in [-0.1, -0.05) is 30.0 Å². The van der Waals surface area contributed by atoms with Crippen molar-refractivity contribution < 1.29 is 18.7 Å². The van der Waals surface area contributed by atoms with Gasteiger partial charge in [0.25, 0.3) is 0 Å². The number of thioether (sulfide) groups is 1. The molecule has 8 heteroatoms.